The lowest BCUT2D eigenvalue weighted by Gasteiger charge is -2.05. The molecule has 1 aromatic rings. The van der Waals surface area contributed by atoms with Crippen LogP contribution in [0.1, 0.15) is 24.1 Å². The molecular formula is C10H10N2O3. The Labute approximate surface area is 86.6 Å². The zero-order chi connectivity index (χ0) is 11.4. The molecule has 78 valence electrons. The molecule has 15 heavy (non-hydrogen) atoms. The van der Waals surface area contributed by atoms with Crippen molar-refractivity contribution in [1.82, 2.24) is 0 Å². The van der Waals surface area contributed by atoms with Crippen molar-refractivity contribution in [3.05, 3.63) is 39.4 Å². The number of nitro groups is 1. The second-order valence-corrected chi connectivity index (χ2v) is 3.20. The van der Waals surface area contributed by atoms with Crippen LogP contribution in [0.4, 0.5) is 5.69 Å². The SMILES string of the molecule is Cc1ccc(C(C)N=C=O)cc1[N+](=O)[O-]. The summed E-state index contributed by atoms with van der Waals surface area (Å²) in [7, 11) is 0. The smallest absolute Gasteiger partial charge is 0.258 e. The molecule has 1 rings (SSSR count). The molecule has 0 aliphatic rings. The molecule has 5 nitrogen and oxygen atoms in total. The van der Waals surface area contributed by atoms with Gasteiger partial charge in [-0.2, -0.15) is 4.99 Å². The molecule has 0 radical (unpaired) electrons. The van der Waals surface area contributed by atoms with Gasteiger partial charge in [0.15, 0.2) is 0 Å². The monoisotopic (exact) mass is 206 g/mol. The first kappa shape index (κ1) is 11.1. The van der Waals surface area contributed by atoms with Crippen molar-refractivity contribution in [2.24, 2.45) is 4.99 Å². The molecule has 0 aliphatic heterocycles. The maximum Gasteiger partial charge on any atom is 0.272 e. The number of isocyanates is 1. The standard InChI is InChI=1S/C10H10N2O3/c1-7-3-4-9(8(2)11-6-13)5-10(7)12(14)15/h3-5,8H,1-2H3. The van der Waals surface area contributed by atoms with Crippen LogP contribution in [0.25, 0.3) is 0 Å². The van der Waals surface area contributed by atoms with Crippen LogP contribution in [-0.2, 0) is 4.79 Å². The van der Waals surface area contributed by atoms with Gasteiger partial charge in [-0.3, -0.25) is 10.1 Å². The number of hydrogen-bond acceptors (Lipinski definition) is 4. The lowest BCUT2D eigenvalue weighted by Crippen LogP contribution is -1.95. The third-order valence-corrected chi connectivity index (χ3v) is 2.16. The lowest BCUT2D eigenvalue weighted by molar-refractivity contribution is -0.385. The van der Waals surface area contributed by atoms with Crippen molar-refractivity contribution >= 4 is 11.8 Å². The molecule has 0 bridgehead atoms. The molecule has 1 unspecified atom stereocenters. The van der Waals surface area contributed by atoms with Crippen molar-refractivity contribution in [3.8, 4) is 0 Å². The largest absolute Gasteiger partial charge is 0.272 e. The predicted molar refractivity (Wildman–Crippen MR) is 54.4 cm³/mol. The first-order chi connectivity index (χ1) is 7.06. The van der Waals surface area contributed by atoms with Gasteiger partial charge < -0.3 is 0 Å². The Morgan fingerprint density at radius 1 is 1.53 bits per heavy atom. The molecule has 0 heterocycles. The maximum absolute atomic E-state index is 10.7. The predicted octanol–water partition coefficient (Wildman–Crippen LogP) is 2.30. The van der Waals surface area contributed by atoms with Crippen LogP contribution in [0.3, 0.4) is 0 Å². The van der Waals surface area contributed by atoms with Gasteiger partial charge in [0, 0.05) is 11.6 Å². The quantitative estimate of drug-likeness (QED) is 0.329. The Bertz CT molecular complexity index is 436. The van der Waals surface area contributed by atoms with E-state index in [1.807, 2.05) is 0 Å². The maximum atomic E-state index is 10.7. The number of aliphatic imine (C=N–C) groups is 1. The molecule has 0 amide bonds. The van der Waals surface area contributed by atoms with Crippen LogP contribution >= 0.6 is 0 Å². The summed E-state index contributed by atoms with van der Waals surface area (Å²) in [6.45, 7) is 3.34. The average molecular weight is 206 g/mol. The van der Waals surface area contributed by atoms with Gasteiger partial charge in [-0.05, 0) is 19.4 Å². The number of carbonyl (C=O) groups excluding carboxylic acids is 1. The Morgan fingerprint density at radius 2 is 2.20 bits per heavy atom. The number of hydrogen-bond donors (Lipinski definition) is 0. The van der Waals surface area contributed by atoms with Gasteiger partial charge in [0.25, 0.3) is 5.69 Å². The minimum atomic E-state index is -0.448. The molecule has 0 N–H and O–H groups in total. The molecule has 0 aliphatic carbocycles. The van der Waals surface area contributed by atoms with Crippen molar-refractivity contribution in [2.45, 2.75) is 19.9 Å². The van der Waals surface area contributed by atoms with Gasteiger partial charge in [0.2, 0.25) is 6.08 Å². The molecular weight excluding hydrogens is 196 g/mol. The Balaban J connectivity index is 3.18. The molecule has 0 saturated heterocycles. The second kappa shape index (κ2) is 4.48. The Morgan fingerprint density at radius 3 is 2.73 bits per heavy atom. The molecule has 0 aromatic heterocycles. The number of benzene rings is 1. The fourth-order valence-corrected chi connectivity index (χ4v) is 1.24. The van der Waals surface area contributed by atoms with E-state index in [2.05, 4.69) is 4.99 Å². The van der Waals surface area contributed by atoms with Crippen LogP contribution < -0.4 is 0 Å². The summed E-state index contributed by atoms with van der Waals surface area (Å²) in [5.41, 5.74) is 1.27. The van der Waals surface area contributed by atoms with Crippen LogP contribution in [-0.4, -0.2) is 11.0 Å². The van der Waals surface area contributed by atoms with Crippen LogP contribution in [0.15, 0.2) is 23.2 Å². The lowest BCUT2D eigenvalue weighted by atomic mass is 10.1. The summed E-state index contributed by atoms with van der Waals surface area (Å²) in [5, 5.41) is 10.7. The topological polar surface area (TPSA) is 72.6 Å². The molecule has 5 heteroatoms. The number of nitro benzene ring substituents is 1. The van der Waals surface area contributed by atoms with E-state index in [9.17, 15) is 14.9 Å². The Hall–Kier alpha value is -2.00. The molecule has 0 spiro atoms. The van der Waals surface area contributed by atoms with Gasteiger partial charge in [0.05, 0.1) is 11.0 Å². The minimum Gasteiger partial charge on any atom is -0.258 e. The average Bonchev–Trinajstić information content (AvgIpc) is 2.18. The van der Waals surface area contributed by atoms with E-state index in [4.69, 9.17) is 0 Å². The second-order valence-electron chi connectivity index (χ2n) is 3.20. The van der Waals surface area contributed by atoms with Gasteiger partial charge >= 0.3 is 0 Å². The zero-order valence-electron chi connectivity index (χ0n) is 8.43. The first-order valence-electron chi connectivity index (χ1n) is 4.38. The van der Waals surface area contributed by atoms with E-state index >= 15 is 0 Å². The van der Waals surface area contributed by atoms with E-state index < -0.39 is 11.0 Å². The van der Waals surface area contributed by atoms with Crippen molar-refractivity contribution < 1.29 is 9.72 Å². The van der Waals surface area contributed by atoms with E-state index in [1.54, 1.807) is 26.0 Å². The normalized spacial score (nSPS) is 11.6. The van der Waals surface area contributed by atoms with Crippen LogP contribution in [0.5, 0.6) is 0 Å². The highest BCUT2D eigenvalue weighted by atomic mass is 16.6. The molecule has 1 atom stereocenters. The van der Waals surface area contributed by atoms with Crippen LogP contribution in [0, 0.1) is 17.0 Å². The third-order valence-electron chi connectivity index (χ3n) is 2.16. The van der Waals surface area contributed by atoms with E-state index in [1.165, 1.54) is 12.1 Å². The van der Waals surface area contributed by atoms with Crippen LogP contribution in [0.2, 0.25) is 0 Å². The van der Waals surface area contributed by atoms with E-state index in [-0.39, 0.29) is 5.69 Å². The Kier molecular flexibility index (Phi) is 3.31. The first-order valence-corrected chi connectivity index (χ1v) is 4.38. The van der Waals surface area contributed by atoms with Crippen molar-refractivity contribution in [3.63, 3.8) is 0 Å². The minimum absolute atomic E-state index is 0.0421. The number of nitrogens with zero attached hydrogens (tertiary/aromatic N) is 2. The summed E-state index contributed by atoms with van der Waals surface area (Å²) in [5.74, 6) is 0. The van der Waals surface area contributed by atoms with E-state index in [0.29, 0.717) is 11.1 Å². The molecule has 1 aromatic carbocycles. The summed E-state index contributed by atoms with van der Waals surface area (Å²) in [6, 6.07) is 4.39. The summed E-state index contributed by atoms with van der Waals surface area (Å²) >= 11 is 0. The highest BCUT2D eigenvalue weighted by Gasteiger charge is 2.13. The van der Waals surface area contributed by atoms with Gasteiger partial charge in [-0.15, -0.1) is 0 Å². The van der Waals surface area contributed by atoms with Crippen molar-refractivity contribution in [2.75, 3.05) is 0 Å². The number of rotatable bonds is 3. The van der Waals surface area contributed by atoms with Crippen molar-refractivity contribution in [1.29, 1.82) is 0 Å². The zero-order valence-corrected chi connectivity index (χ0v) is 8.43. The van der Waals surface area contributed by atoms with E-state index in [0.717, 1.165) is 0 Å². The highest BCUT2D eigenvalue weighted by Crippen LogP contribution is 2.24. The fourth-order valence-electron chi connectivity index (χ4n) is 1.24. The summed E-state index contributed by atoms with van der Waals surface area (Å²) in [4.78, 5) is 23.7. The summed E-state index contributed by atoms with van der Waals surface area (Å²) in [6.07, 6.45) is 1.43. The highest BCUT2D eigenvalue weighted by molar-refractivity contribution is 5.44. The number of aryl methyl sites for hydroxylation is 1. The summed E-state index contributed by atoms with van der Waals surface area (Å²) < 4.78 is 0. The third kappa shape index (κ3) is 2.48. The van der Waals surface area contributed by atoms with Gasteiger partial charge in [-0.1, -0.05) is 12.1 Å². The fraction of sp³-hybridized carbons (Fsp3) is 0.300. The van der Waals surface area contributed by atoms with Gasteiger partial charge in [-0.25, -0.2) is 4.79 Å². The van der Waals surface area contributed by atoms with Gasteiger partial charge in [0.1, 0.15) is 0 Å². The molecule has 0 saturated carbocycles. The molecule has 0 fully saturated rings.